The van der Waals surface area contributed by atoms with Crippen molar-refractivity contribution in [3.05, 3.63) is 12.2 Å². The van der Waals surface area contributed by atoms with Crippen molar-refractivity contribution in [1.82, 2.24) is 4.90 Å². The Kier molecular flexibility index (Phi) is 6.67. The highest BCUT2D eigenvalue weighted by atomic mass is 16.1. The Bertz CT molecular complexity index is 139. The molecule has 0 radical (unpaired) electrons. The molecule has 0 spiro atoms. The smallest absolute Gasteiger partial charge is 0.145 e. The van der Waals surface area contributed by atoms with Crippen LogP contribution in [0.5, 0.6) is 0 Å². The molecule has 0 amide bonds. The van der Waals surface area contributed by atoms with Gasteiger partial charge in [0.15, 0.2) is 0 Å². The molecular weight excluding hydrogens is 150 g/mol. The third-order valence-corrected chi connectivity index (χ3v) is 2.03. The van der Waals surface area contributed by atoms with Crippen LogP contribution in [0, 0.1) is 0 Å². The Morgan fingerprint density at radius 1 is 1.42 bits per heavy atom. The monoisotopic (exact) mass is 169 g/mol. The van der Waals surface area contributed by atoms with Gasteiger partial charge in [-0.15, -0.1) is 0 Å². The summed E-state index contributed by atoms with van der Waals surface area (Å²) in [6.07, 6.45) is 2.72. The molecule has 0 bridgehead atoms. The van der Waals surface area contributed by atoms with Crippen LogP contribution in [0.4, 0.5) is 0 Å². The predicted molar refractivity (Wildman–Crippen MR) is 52.2 cm³/mol. The molecule has 70 valence electrons. The summed E-state index contributed by atoms with van der Waals surface area (Å²) in [6, 6.07) is 0. The first-order valence-corrected chi connectivity index (χ1v) is 4.59. The fourth-order valence-corrected chi connectivity index (χ4v) is 1.13. The molecule has 0 rings (SSSR count). The first-order valence-electron chi connectivity index (χ1n) is 4.59. The van der Waals surface area contributed by atoms with Gasteiger partial charge in [-0.2, -0.15) is 0 Å². The maximum atomic E-state index is 10.2. The normalized spacial score (nSPS) is 10.2. The summed E-state index contributed by atoms with van der Waals surface area (Å²) in [5, 5.41) is 0. The van der Waals surface area contributed by atoms with Gasteiger partial charge in [-0.05, 0) is 38.0 Å². The van der Waals surface area contributed by atoms with Crippen molar-refractivity contribution >= 4 is 6.29 Å². The Balaban J connectivity index is 3.40. The van der Waals surface area contributed by atoms with Gasteiger partial charge in [0.1, 0.15) is 6.29 Å². The van der Waals surface area contributed by atoms with Gasteiger partial charge in [0.25, 0.3) is 0 Å². The van der Waals surface area contributed by atoms with E-state index in [1.807, 2.05) is 0 Å². The molecule has 0 atom stereocenters. The second-order valence-electron chi connectivity index (χ2n) is 2.91. The van der Waals surface area contributed by atoms with Gasteiger partial charge in [0.05, 0.1) is 0 Å². The zero-order chi connectivity index (χ0) is 9.40. The van der Waals surface area contributed by atoms with Crippen LogP contribution in [0.3, 0.4) is 0 Å². The van der Waals surface area contributed by atoms with Gasteiger partial charge in [0.2, 0.25) is 0 Å². The zero-order valence-corrected chi connectivity index (χ0v) is 8.18. The molecule has 0 heterocycles. The molecular formula is C10H19NO. The molecule has 12 heavy (non-hydrogen) atoms. The largest absolute Gasteiger partial charge is 0.304 e. The number of aldehydes is 1. The molecule has 0 aliphatic carbocycles. The van der Waals surface area contributed by atoms with Crippen LogP contribution in [-0.4, -0.2) is 30.8 Å². The maximum absolute atomic E-state index is 10.2. The summed E-state index contributed by atoms with van der Waals surface area (Å²) in [4.78, 5) is 12.6. The minimum absolute atomic E-state index is 0.710. The van der Waals surface area contributed by atoms with Gasteiger partial charge < -0.3 is 4.90 Å². The second-order valence-corrected chi connectivity index (χ2v) is 2.91. The lowest BCUT2D eigenvalue weighted by atomic mass is 10.2. The van der Waals surface area contributed by atoms with E-state index in [4.69, 9.17) is 0 Å². The van der Waals surface area contributed by atoms with E-state index < -0.39 is 0 Å². The van der Waals surface area contributed by atoms with E-state index in [9.17, 15) is 4.79 Å². The zero-order valence-electron chi connectivity index (χ0n) is 8.18. The Hall–Kier alpha value is -0.630. The van der Waals surface area contributed by atoms with E-state index in [1.165, 1.54) is 0 Å². The molecule has 0 aromatic heterocycles. The summed E-state index contributed by atoms with van der Waals surface area (Å²) in [5.41, 5.74) is 0.710. The van der Waals surface area contributed by atoms with Crippen LogP contribution in [0.2, 0.25) is 0 Å². The highest BCUT2D eigenvalue weighted by molar-refractivity contribution is 5.71. The molecule has 0 aromatic carbocycles. The third kappa shape index (κ3) is 5.08. The van der Waals surface area contributed by atoms with Crippen molar-refractivity contribution in [1.29, 1.82) is 0 Å². The minimum Gasteiger partial charge on any atom is -0.304 e. The summed E-state index contributed by atoms with van der Waals surface area (Å²) in [6.45, 7) is 11.2. The maximum Gasteiger partial charge on any atom is 0.145 e. The number of rotatable bonds is 7. The van der Waals surface area contributed by atoms with Crippen molar-refractivity contribution in [2.45, 2.75) is 26.7 Å². The molecule has 0 unspecified atom stereocenters. The Morgan fingerprint density at radius 2 is 2.00 bits per heavy atom. The van der Waals surface area contributed by atoms with Gasteiger partial charge in [-0.1, -0.05) is 20.4 Å². The minimum atomic E-state index is 0.710. The lowest BCUT2D eigenvalue weighted by Crippen LogP contribution is -2.23. The Labute approximate surface area is 75.3 Å². The van der Waals surface area contributed by atoms with E-state index >= 15 is 0 Å². The van der Waals surface area contributed by atoms with E-state index in [0.29, 0.717) is 5.57 Å². The lowest BCUT2D eigenvalue weighted by molar-refractivity contribution is -0.105. The van der Waals surface area contributed by atoms with E-state index in [-0.39, 0.29) is 0 Å². The SMILES string of the molecule is C=C(C=O)CCCN(CC)CC. The second kappa shape index (κ2) is 7.04. The number of hydrogen-bond donors (Lipinski definition) is 0. The molecule has 0 aromatic rings. The van der Waals surface area contributed by atoms with E-state index in [0.717, 1.165) is 38.8 Å². The van der Waals surface area contributed by atoms with Crippen molar-refractivity contribution < 1.29 is 4.79 Å². The number of allylic oxidation sites excluding steroid dienone is 1. The molecule has 0 saturated carbocycles. The number of carbonyl (C=O) groups excluding carboxylic acids is 1. The number of nitrogens with zero attached hydrogens (tertiary/aromatic N) is 1. The molecule has 0 aliphatic rings. The third-order valence-electron chi connectivity index (χ3n) is 2.03. The number of hydrogen-bond acceptors (Lipinski definition) is 2. The van der Waals surface area contributed by atoms with E-state index in [2.05, 4.69) is 25.3 Å². The average Bonchev–Trinajstić information content (AvgIpc) is 2.12. The molecule has 0 saturated heterocycles. The standard InChI is InChI=1S/C10H19NO/c1-4-11(5-2)8-6-7-10(3)9-12/h9H,3-8H2,1-2H3. The summed E-state index contributed by atoms with van der Waals surface area (Å²) >= 11 is 0. The quantitative estimate of drug-likeness (QED) is 0.428. The molecule has 0 fully saturated rings. The topological polar surface area (TPSA) is 20.3 Å². The van der Waals surface area contributed by atoms with Gasteiger partial charge in [-0.25, -0.2) is 0 Å². The molecule has 2 nitrogen and oxygen atoms in total. The van der Waals surface area contributed by atoms with Gasteiger partial charge >= 0.3 is 0 Å². The first-order chi connectivity index (χ1) is 5.74. The average molecular weight is 169 g/mol. The van der Waals surface area contributed by atoms with Crippen LogP contribution >= 0.6 is 0 Å². The summed E-state index contributed by atoms with van der Waals surface area (Å²) in [7, 11) is 0. The summed E-state index contributed by atoms with van der Waals surface area (Å²) < 4.78 is 0. The molecule has 0 N–H and O–H groups in total. The number of carbonyl (C=O) groups is 1. The van der Waals surface area contributed by atoms with Crippen LogP contribution in [0.25, 0.3) is 0 Å². The van der Waals surface area contributed by atoms with Crippen LogP contribution in [-0.2, 0) is 4.79 Å². The van der Waals surface area contributed by atoms with Crippen molar-refractivity contribution in [3.8, 4) is 0 Å². The summed E-state index contributed by atoms with van der Waals surface area (Å²) in [5.74, 6) is 0. The van der Waals surface area contributed by atoms with Crippen molar-refractivity contribution in [2.24, 2.45) is 0 Å². The van der Waals surface area contributed by atoms with E-state index in [1.54, 1.807) is 0 Å². The van der Waals surface area contributed by atoms with Crippen molar-refractivity contribution in [2.75, 3.05) is 19.6 Å². The molecule has 0 aliphatic heterocycles. The van der Waals surface area contributed by atoms with Crippen LogP contribution < -0.4 is 0 Å². The molecule has 2 heteroatoms. The fourth-order valence-electron chi connectivity index (χ4n) is 1.13. The highest BCUT2D eigenvalue weighted by Gasteiger charge is 1.98. The predicted octanol–water partition coefficient (Wildman–Crippen LogP) is 1.86. The van der Waals surface area contributed by atoms with Crippen LogP contribution in [0.1, 0.15) is 26.7 Å². The lowest BCUT2D eigenvalue weighted by Gasteiger charge is -2.17. The Morgan fingerprint density at radius 3 is 2.42 bits per heavy atom. The fraction of sp³-hybridized carbons (Fsp3) is 0.700. The van der Waals surface area contributed by atoms with Gasteiger partial charge in [-0.3, -0.25) is 4.79 Å². The van der Waals surface area contributed by atoms with Crippen molar-refractivity contribution in [3.63, 3.8) is 0 Å². The first kappa shape index (κ1) is 11.4. The van der Waals surface area contributed by atoms with Crippen LogP contribution in [0.15, 0.2) is 12.2 Å². The highest BCUT2D eigenvalue weighted by Crippen LogP contribution is 2.00. The van der Waals surface area contributed by atoms with Gasteiger partial charge in [0, 0.05) is 0 Å².